The first-order chi connectivity index (χ1) is 11.4. The molecule has 4 aliphatic rings. The molecule has 0 heterocycles. The highest BCUT2D eigenvalue weighted by atomic mass is 79.9. The van der Waals surface area contributed by atoms with Crippen molar-refractivity contribution in [1.29, 1.82) is 0 Å². The highest BCUT2D eigenvalue weighted by Crippen LogP contribution is 2.60. The second-order valence-corrected chi connectivity index (χ2v) is 8.58. The molecule has 0 aliphatic heterocycles. The largest absolute Gasteiger partial charge is 0.273 e. The topological polar surface area (TPSA) is 58.2 Å². The fourth-order valence-corrected chi connectivity index (χ4v) is 5.80. The Morgan fingerprint density at radius 1 is 1.04 bits per heavy atom. The molecule has 6 heteroatoms. The zero-order valence-corrected chi connectivity index (χ0v) is 14.9. The standard InChI is InChI=1S/C18H20BrFN2O2/c19-15-2-1-13(20)6-14(15)16(23)21-22-17(24)18-7-10-3-11(8-18)5-12(4-10)9-18/h1-2,6,10-12H,3-5,7-9H2,(H,21,23)(H,22,24). The van der Waals surface area contributed by atoms with Gasteiger partial charge in [0.25, 0.3) is 5.91 Å². The third kappa shape index (κ3) is 2.75. The van der Waals surface area contributed by atoms with Crippen LogP contribution in [-0.4, -0.2) is 11.8 Å². The summed E-state index contributed by atoms with van der Waals surface area (Å²) in [6, 6.07) is 3.90. The summed E-state index contributed by atoms with van der Waals surface area (Å²) in [5, 5.41) is 0. The summed E-state index contributed by atoms with van der Waals surface area (Å²) in [5.74, 6) is 0.901. The van der Waals surface area contributed by atoms with Crippen LogP contribution in [0.1, 0.15) is 48.9 Å². The number of amides is 2. The fraction of sp³-hybridized carbons (Fsp3) is 0.556. The molecule has 0 spiro atoms. The Kier molecular flexibility index (Phi) is 3.90. The van der Waals surface area contributed by atoms with Crippen LogP contribution in [0, 0.1) is 29.0 Å². The summed E-state index contributed by atoms with van der Waals surface area (Å²) in [5.41, 5.74) is 4.91. The Labute approximate surface area is 148 Å². The number of hydrazine groups is 1. The van der Waals surface area contributed by atoms with Crippen molar-refractivity contribution in [1.82, 2.24) is 10.9 Å². The van der Waals surface area contributed by atoms with E-state index in [1.165, 1.54) is 31.4 Å². The monoisotopic (exact) mass is 394 g/mol. The molecule has 1 aromatic carbocycles. The van der Waals surface area contributed by atoms with Crippen LogP contribution in [0.4, 0.5) is 4.39 Å². The van der Waals surface area contributed by atoms with Gasteiger partial charge in [0.15, 0.2) is 0 Å². The van der Waals surface area contributed by atoms with Crippen LogP contribution in [-0.2, 0) is 4.79 Å². The maximum absolute atomic E-state index is 13.3. The molecule has 4 bridgehead atoms. The summed E-state index contributed by atoms with van der Waals surface area (Å²) in [7, 11) is 0. The van der Waals surface area contributed by atoms with Crippen molar-refractivity contribution in [3.8, 4) is 0 Å². The van der Waals surface area contributed by atoms with Crippen LogP contribution in [0.5, 0.6) is 0 Å². The van der Waals surface area contributed by atoms with Crippen molar-refractivity contribution in [2.45, 2.75) is 38.5 Å². The first-order valence-electron chi connectivity index (χ1n) is 8.51. The van der Waals surface area contributed by atoms with Crippen molar-refractivity contribution in [2.75, 3.05) is 0 Å². The molecule has 4 nitrogen and oxygen atoms in total. The van der Waals surface area contributed by atoms with Gasteiger partial charge in [0.1, 0.15) is 5.82 Å². The van der Waals surface area contributed by atoms with E-state index in [0.29, 0.717) is 22.2 Å². The van der Waals surface area contributed by atoms with E-state index in [2.05, 4.69) is 26.8 Å². The molecule has 4 aliphatic carbocycles. The fourth-order valence-electron chi connectivity index (χ4n) is 5.37. The zero-order chi connectivity index (χ0) is 16.9. The lowest BCUT2D eigenvalue weighted by atomic mass is 9.49. The maximum Gasteiger partial charge on any atom is 0.270 e. The lowest BCUT2D eigenvalue weighted by Gasteiger charge is -2.55. The van der Waals surface area contributed by atoms with Crippen LogP contribution in [0.2, 0.25) is 0 Å². The van der Waals surface area contributed by atoms with Gasteiger partial charge in [0.05, 0.1) is 11.0 Å². The summed E-state index contributed by atoms with van der Waals surface area (Å²) < 4.78 is 13.8. The molecule has 1 aromatic rings. The SMILES string of the molecule is O=C(NNC(=O)C12CC3CC(CC(C3)C1)C2)c1cc(F)ccc1Br. The van der Waals surface area contributed by atoms with E-state index >= 15 is 0 Å². The first kappa shape index (κ1) is 16.1. The molecule has 24 heavy (non-hydrogen) atoms. The normalized spacial score (nSPS) is 33.3. The smallest absolute Gasteiger partial charge is 0.270 e. The van der Waals surface area contributed by atoms with Crippen LogP contribution in [0.15, 0.2) is 22.7 Å². The summed E-state index contributed by atoms with van der Waals surface area (Å²) in [6.45, 7) is 0. The Hall–Kier alpha value is -1.43. The predicted molar refractivity (Wildman–Crippen MR) is 90.3 cm³/mol. The van der Waals surface area contributed by atoms with Gasteiger partial charge in [-0.25, -0.2) is 4.39 Å². The molecule has 128 valence electrons. The van der Waals surface area contributed by atoms with E-state index in [4.69, 9.17) is 0 Å². The lowest BCUT2D eigenvalue weighted by Crippen LogP contribution is -2.56. The van der Waals surface area contributed by atoms with E-state index in [1.807, 2.05) is 0 Å². The van der Waals surface area contributed by atoms with Gasteiger partial charge in [-0.2, -0.15) is 0 Å². The van der Waals surface area contributed by atoms with Crippen molar-refractivity contribution < 1.29 is 14.0 Å². The zero-order valence-electron chi connectivity index (χ0n) is 13.3. The van der Waals surface area contributed by atoms with Gasteiger partial charge in [0, 0.05) is 4.47 Å². The van der Waals surface area contributed by atoms with E-state index < -0.39 is 11.7 Å². The third-order valence-corrected chi connectivity index (χ3v) is 6.67. The molecule has 5 rings (SSSR count). The molecular formula is C18H20BrFN2O2. The molecule has 0 radical (unpaired) electrons. The summed E-state index contributed by atoms with van der Waals surface area (Å²) in [4.78, 5) is 25.0. The number of benzene rings is 1. The van der Waals surface area contributed by atoms with Crippen molar-refractivity contribution in [3.63, 3.8) is 0 Å². The Morgan fingerprint density at radius 2 is 1.62 bits per heavy atom. The van der Waals surface area contributed by atoms with Crippen molar-refractivity contribution in [2.24, 2.45) is 23.2 Å². The minimum Gasteiger partial charge on any atom is -0.273 e. The van der Waals surface area contributed by atoms with Gasteiger partial charge in [-0.15, -0.1) is 0 Å². The molecule has 0 atom stereocenters. The highest BCUT2D eigenvalue weighted by molar-refractivity contribution is 9.10. The minimum atomic E-state index is -0.514. The van der Waals surface area contributed by atoms with Crippen LogP contribution < -0.4 is 10.9 Å². The second kappa shape index (κ2) is 5.83. The van der Waals surface area contributed by atoms with Gasteiger partial charge in [-0.1, -0.05) is 0 Å². The number of rotatable bonds is 2. The van der Waals surface area contributed by atoms with E-state index in [9.17, 15) is 14.0 Å². The van der Waals surface area contributed by atoms with E-state index in [1.54, 1.807) is 0 Å². The third-order valence-electron chi connectivity index (χ3n) is 5.98. The molecule has 0 unspecified atom stereocenters. The number of nitrogens with one attached hydrogen (secondary N) is 2. The number of carbonyl (C=O) groups excluding carboxylic acids is 2. The Balaban J connectivity index is 1.43. The molecule has 0 aromatic heterocycles. The van der Waals surface area contributed by atoms with Gasteiger partial charge in [-0.3, -0.25) is 20.4 Å². The molecule has 2 amide bonds. The summed E-state index contributed by atoms with van der Waals surface area (Å²) >= 11 is 3.23. The average Bonchev–Trinajstić information content (AvgIpc) is 2.53. The van der Waals surface area contributed by atoms with Gasteiger partial charge in [0.2, 0.25) is 5.91 Å². The maximum atomic E-state index is 13.3. The van der Waals surface area contributed by atoms with Crippen molar-refractivity contribution in [3.05, 3.63) is 34.1 Å². The molecule has 4 saturated carbocycles. The van der Waals surface area contributed by atoms with Crippen LogP contribution >= 0.6 is 15.9 Å². The second-order valence-electron chi connectivity index (χ2n) is 7.73. The van der Waals surface area contributed by atoms with E-state index in [0.717, 1.165) is 25.3 Å². The number of hydrogen-bond acceptors (Lipinski definition) is 2. The molecule has 4 fully saturated rings. The molecule has 0 saturated heterocycles. The van der Waals surface area contributed by atoms with Gasteiger partial charge >= 0.3 is 0 Å². The van der Waals surface area contributed by atoms with Gasteiger partial charge < -0.3 is 0 Å². The summed E-state index contributed by atoms with van der Waals surface area (Å²) in [6.07, 6.45) is 6.58. The Morgan fingerprint density at radius 3 is 2.21 bits per heavy atom. The number of hydrogen-bond donors (Lipinski definition) is 2. The predicted octanol–water partition coefficient (Wildman–Crippen LogP) is 3.57. The van der Waals surface area contributed by atoms with Crippen LogP contribution in [0.25, 0.3) is 0 Å². The van der Waals surface area contributed by atoms with Crippen molar-refractivity contribution >= 4 is 27.7 Å². The minimum absolute atomic E-state index is 0.0810. The molecular weight excluding hydrogens is 375 g/mol. The van der Waals surface area contributed by atoms with Gasteiger partial charge in [-0.05, 0) is 90.4 Å². The Bertz CT molecular complexity index is 671. The number of halogens is 2. The lowest BCUT2D eigenvalue weighted by molar-refractivity contribution is -0.147. The average molecular weight is 395 g/mol. The number of carbonyl (C=O) groups is 2. The van der Waals surface area contributed by atoms with E-state index in [-0.39, 0.29) is 16.9 Å². The quantitative estimate of drug-likeness (QED) is 0.753. The molecule has 2 N–H and O–H groups in total. The van der Waals surface area contributed by atoms with Crippen LogP contribution in [0.3, 0.4) is 0 Å². The highest BCUT2D eigenvalue weighted by Gasteiger charge is 2.54. The first-order valence-corrected chi connectivity index (χ1v) is 9.30.